The van der Waals surface area contributed by atoms with Gasteiger partial charge in [-0.1, -0.05) is 0 Å². The van der Waals surface area contributed by atoms with Gasteiger partial charge >= 0.3 is 0 Å². The van der Waals surface area contributed by atoms with Crippen LogP contribution < -0.4 is 4.73 Å². The van der Waals surface area contributed by atoms with E-state index in [0.717, 1.165) is 24.5 Å². The molecular formula is C14H13N3O5S. The number of aromatic nitrogens is 1. The third-order valence-corrected chi connectivity index (χ3v) is 4.24. The molecule has 0 fully saturated rings. The lowest BCUT2D eigenvalue weighted by Crippen LogP contribution is -2.23. The molecular weight excluding hydrogens is 322 g/mol. The third kappa shape index (κ3) is 4.65. The Morgan fingerprint density at radius 1 is 1.04 bits per heavy atom. The Hall–Kier alpha value is -2.68. The van der Waals surface area contributed by atoms with E-state index in [1.54, 1.807) is 12.1 Å². The van der Waals surface area contributed by atoms with Crippen LogP contribution in [0.4, 0.5) is 11.4 Å². The molecule has 2 rings (SSSR count). The number of thioether (sulfide) groups is 1. The van der Waals surface area contributed by atoms with E-state index >= 15 is 0 Å². The molecule has 8 nitrogen and oxygen atoms in total. The van der Waals surface area contributed by atoms with E-state index in [9.17, 15) is 25.4 Å². The molecule has 120 valence electrons. The molecule has 9 heteroatoms. The first-order valence-corrected chi connectivity index (χ1v) is 7.69. The first kappa shape index (κ1) is 16.7. The monoisotopic (exact) mass is 335 g/mol. The number of benzene rings is 1. The van der Waals surface area contributed by atoms with Crippen molar-refractivity contribution in [2.45, 2.75) is 17.7 Å². The van der Waals surface area contributed by atoms with Crippen LogP contribution in [0.2, 0.25) is 0 Å². The van der Waals surface area contributed by atoms with Gasteiger partial charge in [-0.15, -0.1) is 11.8 Å². The van der Waals surface area contributed by atoms with Crippen molar-refractivity contribution in [2.24, 2.45) is 0 Å². The minimum atomic E-state index is -0.654. The van der Waals surface area contributed by atoms with Crippen molar-refractivity contribution in [3.8, 4) is 0 Å². The van der Waals surface area contributed by atoms with Crippen molar-refractivity contribution in [1.29, 1.82) is 0 Å². The van der Waals surface area contributed by atoms with Crippen molar-refractivity contribution < 1.29 is 14.6 Å². The smallest absolute Gasteiger partial charge is 0.289 e. The highest BCUT2D eigenvalue weighted by molar-refractivity contribution is 7.99. The van der Waals surface area contributed by atoms with Crippen molar-refractivity contribution in [1.82, 2.24) is 0 Å². The van der Waals surface area contributed by atoms with Crippen molar-refractivity contribution in [2.75, 3.05) is 5.75 Å². The van der Waals surface area contributed by atoms with Crippen LogP contribution in [0.3, 0.4) is 0 Å². The van der Waals surface area contributed by atoms with Crippen LogP contribution in [0.15, 0.2) is 47.6 Å². The lowest BCUT2D eigenvalue weighted by atomic mass is 10.2. The molecule has 0 N–H and O–H groups in total. The van der Waals surface area contributed by atoms with Gasteiger partial charge in [0.15, 0.2) is 12.4 Å². The number of nitro groups is 2. The Labute approximate surface area is 135 Å². The fraction of sp³-hybridized carbons (Fsp3) is 0.214. The van der Waals surface area contributed by atoms with Crippen LogP contribution in [-0.2, 0) is 6.42 Å². The second-order valence-electron chi connectivity index (χ2n) is 4.68. The lowest BCUT2D eigenvalue weighted by Gasteiger charge is -2.04. The second kappa shape index (κ2) is 7.54. The average Bonchev–Trinajstić information content (AvgIpc) is 2.53. The van der Waals surface area contributed by atoms with Gasteiger partial charge in [0, 0.05) is 18.2 Å². The number of rotatable bonds is 7. The second-order valence-corrected chi connectivity index (χ2v) is 5.82. The van der Waals surface area contributed by atoms with Crippen molar-refractivity contribution in [3.63, 3.8) is 0 Å². The number of non-ortho nitro benzene ring substituents is 1. The van der Waals surface area contributed by atoms with Crippen LogP contribution in [0.25, 0.3) is 0 Å². The standard InChI is InChI=1S/C14H13N3O5S/c18-15-7-5-11(6-8-15)2-1-9-23-14-4-3-12(16(19)20)10-13(14)17(21)22/h3-8,10H,1-2,9H2. The number of aryl methyl sites for hydroxylation is 1. The molecule has 0 aliphatic rings. The number of hydrogen-bond donors (Lipinski definition) is 0. The van der Waals surface area contributed by atoms with Crippen LogP contribution in [0.1, 0.15) is 12.0 Å². The molecule has 0 atom stereocenters. The third-order valence-electron chi connectivity index (χ3n) is 3.09. The molecule has 0 saturated carbocycles. The molecule has 0 aliphatic heterocycles. The maximum absolute atomic E-state index is 11.0. The Morgan fingerprint density at radius 2 is 1.74 bits per heavy atom. The molecule has 1 heterocycles. The molecule has 0 bridgehead atoms. The van der Waals surface area contributed by atoms with Crippen LogP contribution in [-0.4, -0.2) is 15.6 Å². The van der Waals surface area contributed by atoms with E-state index in [1.807, 2.05) is 0 Å². The zero-order valence-corrected chi connectivity index (χ0v) is 12.8. The fourth-order valence-corrected chi connectivity index (χ4v) is 2.91. The van der Waals surface area contributed by atoms with Gasteiger partial charge in [0.25, 0.3) is 11.4 Å². The zero-order valence-electron chi connectivity index (χ0n) is 12.0. The summed E-state index contributed by atoms with van der Waals surface area (Å²) in [7, 11) is 0. The van der Waals surface area contributed by atoms with Crippen molar-refractivity contribution >= 4 is 23.1 Å². The van der Waals surface area contributed by atoms with Gasteiger partial charge in [0.2, 0.25) is 0 Å². The van der Waals surface area contributed by atoms with Gasteiger partial charge in [0.1, 0.15) is 0 Å². The molecule has 2 aromatic rings. The van der Waals surface area contributed by atoms with Gasteiger partial charge in [-0.2, -0.15) is 4.73 Å². The Morgan fingerprint density at radius 3 is 2.35 bits per heavy atom. The summed E-state index contributed by atoms with van der Waals surface area (Å²) >= 11 is 1.29. The molecule has 0 radical (unpaired) electrons. The van der Waals surface area contributed by atoms with Crippen LogP contribution in [0.5, 0.6) is 0 Å². The number of nitrogens with zero attached hydrogens (tertiary/aromatic N) is 3. The summed E-state index contributed by atoms with van der Waals surface area (Å²) in [4.78, 5) is 20.8. The molecule has 0 aliphatic carbocycles. The maximum atomic E-state index is 11.0. The minimum Gasteiger partial charge on any atom is -0.619 e. The molecule has 1 aromatic heterocycles. The molecule has 23 heavy (non-hydrogen) atoms. The summed E-state index contributed by atoms with van der Waals surface area (Å²) in [6, 6.07) is 7.11. The topological polar surface area (TPSA) is 113 Å². The maximum Gasteiger partial charge on any atom is 0.289 e. The molecule has 0 unspecified atom stereocenters. The number of pyridine rings is 1. The molecule has 1 aromatic carbocycles. The normalized spacial score (nSPS) is 10.4. The Bertz CT molecular complexity index is 721. The quantitative estimate of drug-likeness (QED) is 0.192. The van der Waals surface area contributed by atoms with E-state index in [1.165, 1.54) is 36.3 Å². The van der Waals surface area contributed by atoms with E-state index in [0.29, 0.717) is 15.4 Å². The summed E-state index contributed by atoms with van der Waals surface area (Å²) in [5.74, 6) is 0.630. The highest BCUT2D eigenvalue weighted by Crippen LogP contribution is 2.32. The van der Waals surface area contributed by atoms with Gasteiger partial charge < -0.3 is 5.21 Å². The van der Waals surface area contributed by atoms with Crippen LogP contribution >= 0.6 is 11.8 Å². The van der Waals surface area contributed by atoms with E-state index in [4.69, 9.17) is 0 Å². The van der Waals surface area contributed by atoms with E-state index < -0.39 is 9.85 Å². The van der Waals surface area contributed by atoms with Crippen LogP contribution in [0, 0.1) is 25.4 Å². The predicted molar refractivity (Wildman–Crippen MR) is 84.2 cm³/mol. The largest absolute Gasteiger partial charge is 0.619 e. The first-order chi connectivity index (χ1) is 11.0. The summed E-state index contributed by atoms with van der Waals surface area (Å²) in [5, 5.41) is 32.6. The molecule has 0 amide bonds. The first-order valence-electron chi connectivity index (χ1n) is 6.70. The summed E-state index contributed by atoms with van der Waals surface area (Å²) in [5.41, 5.74) is 0.462. The zero-order chi connectivity index (χ0) is 16.8. The Kier molecular flexibility index (Phi) is 5.47. The van der Waals surface area contributed by atoms with E-state index in [-0.39, 0.29) is 11.4 Å². The lowest BCUT2D eigenvalue weighted by molar-refractivity contribution is -0.605. The fourth-order valence-electron chi connectivity index (χ4n) is 1.95. The minimum absolute atomic E-state index is 0.253. The predicted octanol–water partition coefficient (Wildman–Crippen LogP) is 2.86. The summed E-state index contributed by atoms with van der Waals surface area (Å²) in [6.45, 7) is 0. The number of nitro benzene ring substituents is 2. The Balaban J connectivity index is 1.96. The number of hydrogen-bond acceptors (Lipinski definition) is 6. The van der Waals surface area contributed by atoms with Gasteiger partial charge in [-0.3, -0.25) is 20.2 Å². The molecule has 0 saturated heterocycles. The van der Waals surface area contributed by atoms with Gasteiger partial charge in [-0.05, 0) is 30.2 Å². The average molecular weight is 335 g/mol. The highest BCUT2D eigenvalue weighted by Gasteiger charge is 2.19. The highest BCUT2D eigenvalue weighted by atomic mass is 32.2. The van der Waals surface area contributed by atoms with Gasteiger partial charge in [-0.25, -0.2) is 0 Å². The SMILES string of the molecule is O=[N+]([O-])c1ccc(SCCCc2cc[n+]([O-])cc2)c([N+](=O)[O-])c1. The van der Waals surface area contributed by atoms with E-state index in [2.05, 4.69) is 0 Å². The van der Waals surface area contributed by atoms with Gasteiger partial charge in [0.05, 0.1) is 20.8 Å². The van der Waals surface area contributed by atoms with Crippen molar-refractivity contribution in [3.05, 3.63) is 73.7 Å². The summed E-state index contributed by atoms with van der Waals surface area (Å²) in [6.07, 6.45) is 4.35. The molecule has 0 spiro atoms. The summed E-state index contributed by atoms with van der Waals surface area (Å²) < 4.78 is 0.707.